The third-order valence-corrected chi connectivity index (χ3v) is 5.74. The minimum absolute atomic E-state index is 0.796. The van der Waals surface area contributed by atoms with Crippen molar-refractivity contribution in [1.82, 2.24) is 35.1 Å². The van der Waals surface area contributed by atoms with Gasteiger partial charge in [-0.3, -0.25) is 10.1 Å². The highest BCUT2D eigenvalue weighted by atomic mass is 15.1. The largest absolute Gasteiger partial charge is 0.370 e. The first-order valence-electron chi connectivity index (χ1n) is 10.2. The summed E-state index contributed by atoms with van der Waals surface area (Å²) in [6, 6.07) is 6.10. The van der Waals surface area contributed by atoms with Crippen LogP contribution < -0.4 is 4.90 Å². The summed E-state index contributed by atoms with van der Waals surface area (Å²) in [6.45, 7) is 2.16. The molecular weight excluding hydrogens is 376 g/mol. The molecule has 0 bridgehead atoms. The minimum Gasteiger partial charge on any atom is -0.370 e. The molecule has 0 saturated carbocycles. The summed E-state index contributed by atoms with van der Waals surface area (Å²) in [6.07, 6.45) is 12.7. The van der Waals surface area contributed by atoms with Crippen LogP contribution >= 0.6 is 0 Å². The quantitative estimate of drug-likeness (QED) is 0.479. The van der Waals surface area contributed by atoms with Crippen LogP contribution in [0.25, 0.3) is 44.6 Å². The number of nitrogens with one attached hydrogen (secondary N) is 2. The fourth-order valence-corrected chi connectivity index (χ4v) is 4.23. The maximum absolute atomic E-state index is 4.84. The number of anilines is 1. The number of piperidine rings is 1. The fraction of sp³-hybridized carbons (Fsp3) is 0.227. The zero-order chi connectivity index (χ0) is 19.9. The van der Waals surface area contributed by atoms with E-state index in [4.69, 9.17) is 4.98 Å². The molecule has 0 atom stereocenters. The average Bonchev–Trinajstić information content (AvgIpc) is 3.43. The Morgan fingerprint density at radius 3 is 2.60 bits per heavy atom. The Kier molecular flexibility index (Phi) is 3.93. The highest BCUT2D eigenvalue weighted by Crippen LogP contribution is 2.33. The fourth-order valence-electron chi connectivity index (χ4n) is 4.23. The van der Waals surface area contributed by atoms with E-state index in [-0.39, 0.29) is 0 Å². The van der Waals surface area contributed by atoms with Crippen LogP contribution in [0.5, 0.6) is 0 Å². The van der Waals surface area contributed by atoms with Gasteiger partial charge in [0.25, 0.3) is 0 Å². The van der Waals surface area contributed by atoms with Gasteiger partial charge in [0.05, 0.1) is 40.5 Å². The number of fused-ring (bicyclic) bond motifs is 2. The van der Waals surface area contributed by atoms with Gasteiger partial charge in [-0.1, -0.05) is 0 Å². The van der Waals surface area contributed by atoms with E-state index in [1.165, 1.54) is 36.7 Å². The molecule has 0 unspecified atom stereocenters. The van der Waals surface area contributed by atoms with E-state index >= 15 is 0 Å². The van der Waals surface area contributed by atoms with Crippen molar-refractivity contribution in [1.29, 1.82) is 0 Å². The summed E-state index contributed by atoms with van der Waals surface area (Å²) in [7, 11) is 0. The Bertz CT molecular complexity index is 1330. The van der Waals surface area contributed by atoms with Crippen molar-refractivity contribution < 1.29 is 0 Å². The van der Waals surface area contributed by atoms with E-state index in [9.17, 15) is 0 Å². The first-order valence-corrected chi connectivity index (χ1v) is 10.2. The van der Waals surface area contributed by atoms with Crippen LogP contribution in [0, 0.1) is 0 Å². The van der Waals surface area contributed by atoms with Crippen molar-refractivity contribution in [3.05, 3.63) is 49.3 Å². The molecule has 30 heavy (non-hydrogen) atoms. The van der Waals surface area contributed by atoms with Gasteiger partial charge in [-0.25, -0.2) is 15.0 Å². The number of H-pyrrole nitrogens is 2. The molecule has 6 heterocycles. The maximum atomic E-state index is 4.84. The van der Waals surface area contributed by atoms with Gasteiger partial charge < -0.3 is 9.88 Å². The highest BCUT2D eigenvalue weighted by molar-refractivity contribution is 5.98. The van der Waals surface area contributed by atoms with E-state index in [0.29, 0.717) is 0 Å². The van der Waals surface area contributed by atoms with Gasteiger partial charge in [0, 0.05) is 36.4 Å². The summed E-state index contributed by atoms with van der Waals surface area (Å²) in [5.41, 5.74) is 7.31. The van der Waals surface area contributed by atoms with Crippen LogP contribution in [0.2, 0.25) is 0 Å². The zero-order valence-corrected chi connectivity index (χ0v) is 16.3. The molecule has 1 fully saturated rings. The molecule has 5 aromatic heterocycles. The number of nitrogens with zero attached hydrogens (tertiary/aromatic N) is 6. The van der Waals surface area contributed by atoms with Crippen LogP contribution in [-0.2, 0) is 0 Å². The molecule has 0 aromatic carbocycles. The normalized spacial score (nSPS) is 14.6. The SMILES string of the molecule is c1ncc(-c2ccc3[nH]nc(-c4cc5c(N6CCCCC6)cncc5[nH]4)c3n2)cn1. The van der Waals surface area contributed by atoms with Crippen LogP contribution in [0.3, 0.4) is 0 Å². The lowest BCUT2D eigenvalue weighted by atomic mass is 10.1. The molecule has 0 radical (unpaired) electrons. The third kappa shape index (κ3) is 2.80. The van der Waals surface area contributed by atoms with Gasteiger partial charge in [0.15, 0.2) is 0 Å². The Morgan fingerprint density at radius 1 is 0.867 bits per heavy atom. The Balaban J connectivity index is 1.47. The minimum atomic E-state index is 0.796. The first kappa shape index (κ1) is 17.1. The standard InChI is InChI=1S/C22H20N8/c1-2-6-30(7-3-1)20-12-23-11-19-15(20)8-18(26-19)22-21-17(28-29-22)5-4-16(27-21)14-9-24-13-25-10-14/h4-5,8-13,26H,1-3,6-7H2,(H,28,29). The first-order chi connectivity index (χ1) is 14.9. The molecule has 1 aliphatic heterocycles. The number of aromatic nitrogens is 7. The summed E-state index contributed by atoms with van der Waals surface area (Å²) >= 11 is 0. The lowest BCUT2D eigenvalue weighted by Gasteiger charge is -2.28. The summed E-state index contributed by atoms with van der Waals surface area (Å²) < 4.78 is 0. The predicted molar refractivity (Wildman–Crippen MR) is 116 cm³/mol. The van der Waals surface area contributed by atoms with Crippen molar-refractivity contribution in [2.75, 3.05) is 18.0 Å². The average molecular weight is 396 g/mol. The van der Waals surface area contributed by atoms with E-state index in [2.05, 4.69) is 41.1 Å². The Labute approximate surface area is 172 Å². The monoisotopic (exact) mass is 396 g/mol. The van der Waals surface area contributed by atoms with Gasteiger partial charge >= 0.3 is 0 Å². The molecule has 0 aliphatic carbocycles. The molecular formula is C22H20N8. The molecule has 8 heteroatoms. The van der Waals surface area contributed by atoms with Crippen LogP contribution in [0.1, 0.15) is 19.3 Å². The molecule has 6 rings (SSSR count). The molecule has 0 amide bonds. The Hall–Kier alpha value is -3.81. The Morgan fingerprint density at radius 2 is 1.73 bits per heavy atom. The van der Waals surface area contributed by atoms with Crippen molar-refractivity contribution in [2.45, 2.75) is 19.3 Å². The molecule has 1 aliphatic rings. The summed E-state index contributed by atoms with van der Waals surface area (Å²) in [5.74, 6) is 0. The topological polar surface area (TPSA) is 99.3 Å². The van der Waals surface area contributed by atoms with Gasteiger partial charge in [0.1, 0.15) is 17.5 Å². The van der Waals surface area contributed by atoms with Gasteiger partial charge in [0.2, 0.25) is 0 Å². The molecule has 8 nitrogen and oxygen atoms in total. The van der Waals surface area contributed by atoms with Crippen molar-refractivity contribution >= 4 is 27.6 Å². The maximum Gasteiger partial charge on any atom is 0.135 e. The molecule has 1 saturated heterocycles. The number of hydrogen-bond donors (Lipinski definition) is 2. The number of aromatic amines is 2. The number of rotatable bonds is 3. The van der Waals surface area contributed by atoms with E-state index < -0.39 is 0 Å². The molecule has 148 valence electrons. The van der Waals surface area contributed by atoms with Crippen LogP contribution in [0.15, 0.2) is 49.3 Å². The second-order valence-corrected chi connectivity index (χ2v) is 7.64. The molecule has 0 spiro atoms. The zero-order valence-electron chi connectivity index (χ0n) is 16.3. The third-order valence-electron chi connectivity index (χ3n) is 5.74. The van der Waals surface area contributed by atoms with Crippen molar-refractivity contribution in [3.63, 3.8) is 0 Å². The number of hydrogen-bond acceptors (Lipinski definition) is 6. The van der Waals surface area contributed by atoms with E-state index in [1.54, 1.807) is 12.4 Å². The smallest absolute Gasteiger partial charge is 0.135 e. The van der Waals surface area contributed by atoms with Gasteiger partial charge in [-0.2, -0.15) is 5.10 Å². The second-order valence-electron chi connectivity index (χ2n) is 7.64. The number of pyridine rings is 2. The van der Waals surface area contributed by atoms with Crippen LogP contribution in [-0.4, -0.2) is 48.2 Å². The summed E-state index contributed by atoms with van der Waals surface area (Å²) in [5, 5.41) is 8.82. The lowest BCUT2D eigenvalue weighted by Crippen LogP contribution is -2.29. The van der Waals surface area contributed by atoms with E-state index in [0.717, 1.165) is 52.3 Å². The van der Waals surface area contributed by atoms with Crippen molar-refractivity contribution in [2.24, 2.45) is 0 Å². The second kappa shape index (κ2) is 6.91. The van der Waals surface area contributed by atoms with Gasteiger partial charge in [-0.15, -0.1) is 0 Å². The highest BCUT2D eigenvalue weighted by Gasteiger charge is 2.18. The lowest BCUT2D eigenvalue weighted by molar-refractivity contribution is 0.578. The van der Waals surface area contributed by atoms with Gasteiger partial charge in [-0.05, 0) is 37.5 Å². The van der Waals surface area contributed by atoms with E-state index in [1.807, 2.05) is 24.5 Å². The summed E-state index contributed by atoms with van der Waals surface area (Å²) in [4.78, 5) is 23.4. The van der Waals surface area contributed by atoms with Crippen molar-refractivity contribution in [3.8, 4) is 22.6 Å². The van der Waals surface area contributed by atoms with Crippen LogP contribution in [0.4, 0.5) is 5.69 Å². The molecule has 5 aromatic rings. The molecule has 2 N–H and O–H groups in total. The predicted octanol–water partition coefficient (Wildman–Crippen LogP) is 3.95.